The molecule has 0 aliphatic carbocycles. The van der Waals surface area contributed by atoms with E-state index in [1.807, 2.05) is 12.3 Å². The fourth-order valence-electron chi connectivity index (χ4n) is 1.14. The number of H-pyrrole nitrogens is 1. The van der Waals surface area contributed by atoms with Crippen LogP contribution in [-0.2, 0) is 6.54 Å². The van der Waals surface area contributed by atoms with Crippen LogP contribution in [0.4, 0.5) is 5.82 Å². The largest absolute Gasteiger partial charge is 0.360 e. The Labute approximate surface area is 90.2 Å². The summed E-state index contributed by atoms with van der Waals surface area (Å²) in [7, 11) is 0. The number of hydrogen-bond acceptors (Lipinski definition) is 5. The monoisotopic (exact) mass is 222 g/mol. The second-order valence-corrected chi connectivity index (χ2v) is 4.04. The highest BCUT2D eigenvalue weighted by Crippen LogP contribution is 2.08. The maximum atomic E-state index is 11.2. The molecule has 0 saturated carbocycles. The van der Waals surface area contributed by atoms with Gasteiger partial charge in [-0.3, -0.25) is 4.79 Å². The smallest absolute Gasteiger partial charge is 0.290 e. The van der Waals surface area contributed by atoms with Gasteiger partial charge in [0.25, 0.3) is 5.56 Å². The van der Waals surface area contributed by atoms with Crippen molar-refractivity contribution in [2.24, 2.45) is 0 Å². The molecule has 2 rings (SSSR count). The van der Waals surface area contributed by atoms with Gasteiger partial charge in [0.15, 0.2) is 5.82 Å². The standard InChI is InChI=1S/C9H10N4OS/c1-6-13-7(5-15-6)4-12-8-9(14)11-3-2-10-8/h2-3,5H,4H2,1H3,(H,10,12)(H,11,14). The molecular formula is C9H10N4OS. The molecule has 2 aromatic heterocycles. The molecule has 0 aliphatic rings. The van der Waals surface area contributed by atoms with Crippen molar-refractivity contribution < 1.29 is 0 Å². The lowest BCUT2D eigenvalue weighted by Crippen LogP contribution is -2.15. The van der Waals surface area contributed by atoms with Gasteiger partial charge in [0.05, 0.1) is 17.2 Å². The molecule has 0 unspecified atom stereocenters. The van der Waals surface area contributed by atoms with Gasteiger partial charge < -0.3 is 10.3 Å². The molecule has 0 aromatic carbocycles. The van der Waals surface area contributed by atoms with Crippen LogP contribution >= 0.6 is 11.3 Å². The fraction of sp³-hybridized carbons (Fsp3) is 0.222. The second-order valence-electron chi connectivity index (χ2n) is 2.98. The van der Waals surface area contributed by atoms with Crippen molar-refractivity contribution >= 4 is 17.2 Å². The average Bonchev–Trinajstić information content (AvgIpc) is 2.63. The number of aryl methyl sites for hydroxylation is 1. The number of aromatic nitrogens is 3. The van der Waals surface area contributed by atoms with E-state index in [9.17, 15) is 4.79 Å². The number of anilines is 1. The Balaban J connectivity index is 2.05. The molecule has 78 valence electrons. The summed E-state index contributed by atoms with van der Waals surface area (Å²) in [4.78, 5) is 22.0. The number of nitrogens with one attached hydrogen (secondary N) is 2. The highest BCUT2D eigenvalue weighted by atomic mass is 32.1. The normalized spacial score (nSPS) is 10.2. The Morgan fingerprint density at radius 3 is 3.13 bits per heavy atom. The highest BCUT2D eigenvalue weighted by Gasteiger charge is 2.01. The van der Waals surface area contributed by atoms with Crippen LogP contribution in [0.25, 0.3) is 0 Å². The van der Waals surface area contributed by atoms with E-state index < -0.39 is 0 Å². The average molecular weight is 222 g/mol. The van der Waals surface area contributed by atoms with Gasteiger partial charge in [0.1, 0.15) is 0 Å². The van der Waals surface area contributed by atoms with Crippen molar-refractivity contribution in [2.75, 3.05) is 5.32 Å². The van der Waals surface area contributed by atoms with Crippen molar-refractivity contribution in [3.63, 3.8) is 0 Å². The Kier molecular flexibility index (Phi) is 2.77. The maximum absolute atomic E-state index is 11.2. The van der Waals surface area contributed by atoms with Crippen LogP contribution in [0.2, 0.25) is 0 Å². The third-order valence-corrected chi connectivity index (χ3v) is 2.63. The van der Waals surface area contributed by atoms with Gasteiger partial charge in [-0.2, -0.15) is 0 Å². The third-order valence-electron chi connectivity index (χ3n) is 1.81. The number of rotatable bonds is 3. The first kappa shape index (κ1) is 9.85. The SMILES string of the molecule is Cc1nc(CNc2ncc[nH]c2=O)cs1. The summed E-state index contributed by atoms with van der Waals surface area (Å²) in [5.41, 5.74) is 0.701. The van der Waals surface area contributed by atoms with Crippen LogP contribution in [0.1, 0.15) is 10.7 Å². The van der Waals surface area contributed by atoms with E-state index in [0.29, 0.717) is 12.4 Å². The number of nitrogens with zero attached hydrogens (tertiary/aromatic N) is 2. The van der Waals surface area contributed by atoms with Gasteiger partial charge in [0, 0.05) is 17.8 Å². The molecule has 0 atom stereocenters. The number of aromatic amines is 1. The first-order valence-corrected chi connectivity index (χ1v) is 5.32. The zero-order valence-electron chi connectivity index (χ0n) is 8.15. The quantitative estimate of drug-likeness (QED) is 0.817. The summed E-state index contributed by atoms with van der Waals surface area (Å²) in [6.45, 7) is 2.46. The first-order chi connectivity index (χ1) is 7.25. The third kappa shape index (κ3) is 2.41. The summed E-state index contributed by atoms with van der Waals surface area (Å²) in [5.74, 6) is 0.322. The van der Waals surface area contributed by atoms with E-state index in [0.717, 1.165) is 10.7 Å². The van der Waals surface area contributed by atoms with Crippen LogP contribution in [0, 0.1) is 6.92 Å². The summed E-state index contributed by atoms with van der Waals surface area (Å²) in [5, 5.41) is 5.91. The Morgan fingerprint density at radius 2 is 2.47 bits per heavy atom. The van der Waals surface area contributed by atoms with E-state index >= 15 is 0 Å². The highest BCUT2D eigenvalue weighted by molar-refractivity contribution is 7.09. The summed E-state index contributed by atoms with van der Waals surface area (Å²) in [6.07, 6.45) is 3.04. The lowest BCUT2D eigenvalue weighted by Gasteiger charge is -2.00. The summed E-state index contributed by atoms with van der Waals surface area (Å²) >= 11 is 1.59. The summed E-state index contributed by atoms with van der Waals surface area (Å²) in [6, 6.07) is 0. The van der Waals surface area contributed by atoms with Crippen LogP contribution in [0.3, 0.4) is 0 Å². The van der Waals surface area contributed by atoms with Crippen molar-refractivity contribution in [3.8, 4) is 0 Å². The zero-order valence-corrected chi connectivity index (χ0v) is 8.97. The molecule has 2 heterocycles. The van der Waals surface area contributed by atoms with Gasteiger partial charge >= 0.3 is 0 Å². The van der Waals surface area contributed by atoms with Gasteiger partial charge in [-0.05, 0) is 6.92 Å². The molecular weight excluding hydrogens is 212 g/mol. The Bertz CT molecular complexity index is 505. The molecule has 0 saturated heterocycles. The molecule has 15 heavy (non-hydrogen) atoms. The van der Waals surface area contributed by atoms with Crippen LogP contribution in [0.15, 0.2) is 22.6 Å². The molecule has 0 fully saturated rings. The molecule has 6 heteroatoms. The van der Waals surface area contributed by atoms with Crippen LogP contribution in [-0.4, -0.2) is 15.0 Å². The molecule has 0 amide bonds. The van der Waals surface area contributed by atoms with Gasteiger partial charge in [-0.15, -0.1) is 11.3 Å². The number of thiazole rings is 1. The maximum Gasteiger partial charge on any atom is 0.290 e. The van der Waals surface area contributed by atoms with E-state index in [1.165, 1.54) is 12.4 Å². The van der Waals surface area contributed by atoms with Crippen molar-refractivity contribution in [1.29, 1.82) is 0 Å². The van der Waals surface area contributed by atoms with Gasteiger partial charge in [-0.1, -0.05) is 0 Å². The van der Waals surface area contributed by atoms with Gasteiger partial charge in [-0.25, -0.2) is 9.97 Å². The van der Waals surface area contributed by atoms with Crippen molar-refractivity contribution in [1.82, 2.24) is 15.0 Å². The minimum absolute atomic E-state index is 0.218. The molecule has 2 aromatic rings. The Morgan fingerprint density at radius 1 is 1.60 bits per heavy atom. The van der Waals surface area contributed by atoms with Crippen LogP contribution in [0.5, 0.6) is 0 Å². The minimum Gasteiger partial charge on any atom is -0.360 e. The summed E-state index contributed by atoms with van der Waals surface area (Å²) < 4.78 is 0. The fourth-order valence-corrected chi connectivity index (χ4v) is 1.75. The molecule has 0 spiro atoms. The molecule has 5 nitrogen and oxygen atoms in total. The van der Waals surface area contributed by atoms with Crippen LogP contribution < -0.4 is 10.9 Å². The molecule has 0 bridgehead atoms. The van der Waals surface area contributed by atoms with E-state index in [2.05, 4.69) is 20.3 Å². The first-order valence-electron chi connectivity index (χ1n) is 4.44. The van der Waals surface area contributed by atoms with Crippen molar-refractivity contribution in [2.45, 2.75) is 13.5 Å². The number of hydrogen-bond donors (Lipinski definition) is 2. The van der Waals surface area contributed by atoms with Crippen molar-refractivity contribution in [3.05, 3.63) is 38.8 Å². The van der Waals surface area contributed by atoms with Gasteiger partial charge in [0.2, 0.25) is 0 Å². The van der Waals surface area contributed by atoms with E-state index in [-0.39, 0.29) is 5.56 Å². The predicted molar refractivity (Wildman–Crippen MR) is 59.0 cm³/mol. The zero-order chi connectivity index (χ0) is 10.7. The predicted octanol–water partition coefficient (Wildman–Crippen LogP) is 1.15. The lowest BCUT2D eigenvalue weighted by molar-refractivity contribution is 1.01. The minimum atomic E-state index is -0.218. The Hall–Kier alpha value is -1.69. The lowest BCUT2D eigenvalue weighted by atomic mass is 10.5. The molecule has 0 radical (unpaired) electrons. The second kappa shape index (κ2) is 4.22. The van der Waals surface area contributed by atoms with E-state index in [1.54, 1.807) is 11.3 Å². The molecule has 2 N–H and O–H groups in total. The topological polar surface area (TPSA) is 70.7 Å². The van der Waals surface area contributed by atoms with E-state index in [4.69, 9.17) is 0 Å². The molecule has 0 aliphatic heterocycles.